The van der Waals surface area contributed by atoms with Crippen LogP contribution in [-0.2, 0) is 6.54 Å². The minimum absolute atomic E-state index is 0.574. The zero-order valence-corrected chi connectivity index (χ0v) is 12.4. The summed E-state index contributed by atoms with van der Waals surface area (Å²) in [5, 5.41) is 19.0. The van der Waals surface area contributed by atoms with Crippen LogP contribution in [0.15, 0.2) is 18.2 Å². The minimum atomic E-state index is -1.43. The van der Waals surface area contributed by atoms with E-state index in [0.717, 1.165) is 36.9 Å². The van der Waals surface area contributed by atoms with Gasteiger partial charge in [-0.3, -0.25) is 4.90 Å². The Bertz CT molecular complexity index is 439. The van der Waals surface area contributed by atoms with Gasteiger partial charge < -0.3 is 14.8 Å². The second kappa shape index (κ2) is 7.11. The number of nitrogens with zero attached hydrogens (tertiary/aromatic N) is 1. The molecule has 0 aromatic heterocycles. The number of likely N-dealkylation sites (tertiary alicyclic amines) is 1. The largest absolute Gasteiger partial charge is 0.497 e. The second-order valence-electron chi connectivity index (χ2n) is 5.59. The summed E-state index contributed by atoms with van der Waals surface area (Å²) in [4.78, 5) is 2.40. The molecule has 1 aliphatic heterocycles. The maximum absolute atomic E-state index is 9.49. The van der Waals surface area contributed by atoms with E-state index in [9.17, 15) is 10.0 Å². The molecule has 1 heterocycles. The highest BCUT2D eigenvalue weighted by Gasteiger charge is 2.22. The summed E-state index contributed by atoms with van der Waals surface area (Å²) in [6.45, 7) is 5.16. The zero-order chi connectivity index (χ0) is 14.5. The van der Waals surface area contributed by atoms with Gasteiger partial charge in [-0.05, 0) is 48.5 Å². The Morgan fingerprint density at radius 1 is 1.40 bits per heavy atom. The quantitative estimate of drug-likeness (QED) is 0.788. The Labute approximate surface area is 121 Å². The molecule has 1 saturated heterocycles. The molecule has 0 amide bonds. The molecule has 2 N–H and O–H groups in total. The lowest BCUT2D eigenvalue weighted by molar-refractivity contribution is 0.165. The van der Waals surface area contributed by atoms with Gasteiger partial charge in [0.1, 0.15) is 5.75 Å². The van der Waals surface area contributed by atoms with Crippen molar-refractivity contribution in [2.75, 3.05) is 20.2 Å². The van der Waals surface area contributed by atoms with Gasteiger partial charge in [-0.1, -0.05) is 19.4 Å². The molecule has 1 aromatic rings. The molecule has 1 fully saturated rings. The van der Waals surface area contributed by atoms with E-state index in [0.29, 0.717) is 5.46 Å². The topological polar surface area (TPSA) is 52.9 Å². The Balaban J connectivity index is 2.14. The van der Waals surface area contributed by atoms with Gasteiger partial charge in [0, 0.05) is 13.1 Å². The second-order valence-corrected chi connectivity index (χ2v) is 5.59. The number of methoxy groups -OCH3 is 1. The van der Waals surface area contributed by atoms with Crippen molar-refractivity contribution in [3.05, 3.63) is 23.8 Å². The first-order valence-corrected chi connectivity index (χ1v) is 7.39. The van der Waals surface area contributed by atoms with Crippen molar-refractivity contribution in [1.29, 1.82) is 0 Å². The van der Waals surface area contributed by atoms with E-state index in [1.54, 1.807) is 19.2 Å². The summed E-state index contributed by atoms with van der Waals surface area (Å²) in [6.07, 6.45) is 3.74. The third-order valence-corrected chi connectivity index (χ3v) is 4.20. The van der Waals surface area contributed by atoms with E-state index in [-0.39, 0.29) is 0 Å². The number of rotatable bonds is 5. The summed E-state index contributed by atoms with van der Waals surface area (Å²) in [6, 6.07) is 5.41. The van der Waals surface area contributed by atoms with Crippen LogP contribution in [0.5, 0.6) is 5.75 Å². The molecule has 5 heteroatoms. The van der Waals surface area contributed by atoms with Gasteiger partial charge in [0.15, 0.2) is 0 Å². The molecule has 0 bridgehead atoms. The van der Waals surface area contributed by atoms with E-state index in [4.69, 9.17) is 4.74 Å². The average molecular weight is 277 g/mol. The predicted octanol–water partition coefficient (Wildman–Crippen LogP) is 0.997. The van der Waals surface area contributed by atoms with Crippen molar-refractivity contribution in [2.45, 2.75) is 32.7 Å². The standard InChI is InChI=1S/C15H24BNO3/c1-3-12-5-4-8-17(10-12)11-13-9-14(20-2)6-7-15(13)16(18)19/h6-7,9,12,18-19H,3-5,8,10-11H2,1-2H3. The first kappa shape index (κ1) is 15.4. The molecule has 2 rings (SSSR count). The summed E-state index contributed by atoms with van der Waals surface area (Å²) >= 11 is 0. The van der Waals surface area contributed by atoms with Crippen molar-refractivity contribution in [2.24, 2.45) is 5.92 Å². The number of benzene rings is 1. The third-order valence-electron chi connectivity index (χ3n) is 4.20. The number of hydrogen-bond acceptors (Lipinski definition) is 4. The van der Waals surface area contributed by atoms with Crippen LogP contribution in [0, 0.1) is 5.92 Å². The summed E-state index contributed by atoms with van der Waals surface area (Å²) < 4.78 is 5.24. The predicted molar refractivity (Wildman–Crippen MR) is 81.1 cm³/mol. The minimum Gasteiger partial charge on any atom is -0.497 e. The van der Waals surface area contributed by atoms with Gasteiger partial charge in [0.05, 0.1) is 7.11 Å². The highest BCUT2D eigenvalue weighted by Crippen LogP contribution is 2.21. The summed E-state index contributed by atoms with van der Waals surface area (Å²) in [5.41, 5.74) is 1.51. The third kappa shape index (κ3) is 3.75. The van der Waals surface area contributed by atoms with E-state index in [2.05, 4.69) is 11.8 Å². The molecule has 0 saturated carbocycles. The van der Waals surface area contributed by atoms with Crippen LogP contribution in [0.4, 0.5) is 0 Å². The first-order valence-electron chi connectivity index (χ1n) is 7.39. The average Bonchev–Trinajstić information content (AvgIpc) is 2.47. The van der Waals surface area contributed by atoms with Crippen molar-refractivity contribution in [3.63, 3.8) is 0 Å². The van der Waals surface area contributed by atoms with E-state index in [1.807, 2.05) is 6.07 Å². The normalized spacial score (nSPS) is 19.9. The molecule has 1 aromatic carbocycles. The fourth-order valence-corrected chi connectivity index (χ4v) is 2.97. The van der Waals surface area contributed by atoms with Gasteiger partial charge in [-0.25, -0.2) is 0 Å². The molecule has 0 aliphatic carbocycles. The molecule has 4 nitrogen and oxygen atoms in total. The van der Waals surface area contributed by atoms with Gasteiger partial charge in [-0.2, -0.15) is 0 Å². The highest BCUT2D eigenvalue weighted by atomic mass is 16.5. The summed E-state index contributed by atoms with van der Waals surface area (Å²) in [5.74, 6) is 1.52. The van der Waals surface area contributed by atoms with Crippen LogP contribution < -0.4 is 10.2 Å². The van der Waals surface area contributed by atoms with Gasteiger partial charge in [0.2, 0.25) is 0 Å². The summed E-state index contributed by atoms with van der Waals surface area (Å²) in [7, 11) is 0.199. The number of hydrogen-bond donors (Lipinski definition) is 2. The van der Waals surface area contributed by atoms with Crippen LogP contribution in [0.2, 0.25) is 0 Å². The monoisotopic (exact) mass is 277 g/mol. The number of piperidine rings is 1. The van der Waals surface area contributed by atoms with Gasteiger partial charge >= 0.3 is 7.12 Å². The molecular formula is C15H24BNO3. The van der Waals surface area contributed by atoms with Crippen LogP contribution >= 0.6 is 0 Å². The van der Waals surface area contributed by atoms with E-state index in [1.165, 1.54) is 19.3 Å². The Morgan fingerprint density at radius 3 is 2.85 bits per heavy atom. The van der Waals surface area contributed by atoms with Crippen LogP contribution in [0.1, 0.15) is 31.7 Å². The molecule has 1 atom stereocenters. The lowest BCUT2D eigenvalue weighted by Crippen LogP contribution is -2.39. The maximum Gasteiger partial charge on any atom is 0.488 e. The fourth-order valence-electron chi connectivity index (χ4n) is 2.97. The smallest absolute Gasteiger partial charge is 0.488 e. The fraction of sp³-hybridized carbons (Fsp3) is 0.600. The first-order chi connectivity index (χ1) is 9.63. The molecular weight excluding hydrogens is 253 g/mol. The molecule has 0 spiro atoms. The van der Waals surface area contributed by atoms with Crippen LogP contribution in [0.3, 0.4) is 0 Å². The van der Waals surface area contributed by atoms with Crippen molar-refractivity contribution in [3.8, 4) is 5.75 Å². The lowest BCUT2D eigenvalue weighted by Gasteiger charge is -2.32. The molecule has 110 valence electrons. The van der Waals surface area contributed by atoms with E-state index >= 15 is 0 Å². The molecule has 20 heavy (non-hydrogen) atoms. The van der Waals surface area contributed by atoms with Crippen molar-refractivity contribution in [1.82, 2.24) is 4.90 Å². The van der Waals surface area contributed by atoms with Crippen LogP contribution in [-0.4, -0.2) is 42.3 Å². The SMILES string of the molecule is CCC1CCCN(Cc2cc(OC)ccc2B(O)O)C1. The van der Waals surface area contributed by atoms with Crippen molar-refractivity contribution < 1.29 is 14.8 Å². The van der Waals surface area contributed by atoms with Gasteiger partial charge in [0.25, 0.3) is 0 Å². The van der Waals surface area contributed by atoms with Crippen LogP contribution in [0.25, 0.3) is 0 Å². The zero-order valence-electron chi connectivity index (χ0n) is 12.4. The van der Waals surface area contributed by atoms with Gasteiger partial charge in [-0.15, -0.1) is 0 Å². The lowest BCUT2D eigenvalue weighted by atomic mass is 9.76. The molecule has 1 aliphatic rings. The van der Waals surface area contributed by atoms with E-state index < -0.39 is 7.12 Å². The maximum atomic E-state index is 9.49. The Morgan fingerprint density at radius 2 is 2.20 bits per heavy atom. The highest BCUT2D eigenvalue weighted by molar-refractivity contribution is 6.59. The number of ether oxygens (including phenoxy) is 1. The molecule has 0 radical (unpaired) electrons. The molecule has 1 unspecified atom stereocenters. The Kier molecular flexibility index (Phi) is 5.46. The van der Waals surface area contributed by atoms with Crippen molar-refractivity contribution >= 4 is 12.6 Å². The Hall–Kier alpha value is -1.04.